The van der Waals surface area contributed by atoms with Gasteiger partial charge in [-0.05, 0) is 74.5 Å². The fourth-order valence-electron chi connectivity index (χ4n) is 4.28. The maximum Gasteiger partial charge on any atom is 0.416 e. The van der Waals surface area contributed by atoms with Crippen molar-refractivity contribution in [1.29, 1.82) is 0 Å². The lowest BCUT2D eigenvalue weighted by molar-refractivity contribution is -0.137. The first kappa shape index (κ1) is 28.6. The number of benzene rings is 3. The highest BCUT2D eigenvalue weighted by Gasteiger charge is 2.31. The summed E-state index contributed by atoms with van der Waals surface area (Å²) in [5.41, 5.74) is 0.0408. The van der Waals surface area contributed by atoms with Gasteiger partial charge in [-0.15, -0.1) is 0 Å². The number of anilines is 1. The van der Waals surface area contributed by atoms with Crippen LogP contribution < -0.4 is 15.6 Å². The minimum absolute atomic E-state index is 0.121. The van der Waals surface area contributed by atoms with Crippen molar-refractivity contribution >= 4 is 22.6 Å². The second kappa shape index (κ2) is 12.2. The number of urea groups is 1. The number of carbonyl (C=O) groups is 1. The summed E-state index contributed by atoms with van der Waals surface area (Å²) in [6.45, 7) is 4.38. The number of carbonyl (C=O) groups excluding carboxylic acids is 1. The number of hydrogen-bond donors (Lipinski definition) is 1. The van der Waals surface area contributed by atoms with Crippen LogP contribution in [0.5, 0.6) is 5.75 Å². The number of fused-ring (bicyclic) bond motifs is 1. The van der Waals surface area contributed by atoms with Gasteiger partial charge in [0.1, 0.15) is 11.6 Å². The summed E-state index contributed by atoms with van der Waals surface area (Å²) in [4.78, 5) is 33.4. The number of para-hydroxylation sites is 1. The van der Waals surface area contributed by atoms with Gasteiger partial charge in [0.25, 0.3) is 5.56 Å². The molecule has 8 nitrogen and oxygen atoms in total. The van der Waals surface area contributed by atoms with E-state index in [9.17, 15) is 22.8 Å². The van der Waals surface area contributed by atoms with Gasteiger partial charge in [0.15, 0.2) is 0 Å². The topological polar surface area (TPSA) is 85.7 Å². The Labute approximate surface area is 229 Å². The van der Waals surface area contributed by atoms with Crippen LogP contribution in [0.25, 0.3) is 16.6 Å². The molecule has 1 N–H and O–H groups in total. The van der Waals surface area contributed by atoms with E-state index < -0.39 is 23.8 Å². The molecule has 0 bridgehead atoms. The molecule has 1 atom stereocenters. The van der Waals surface area contributed by atoms with Crippen molar-refractivity contribution in [2.45, 2.75) is 26.1 Å². The molecule has 4 aromatic rings. The number of halogens is 3. The zero-order chi connectivity index (χ0) is 28.9. The molecule has 0 spiro atoms. The Bertz CT molecular complexity index is 1520. The lowest BCUT2D eigenvalue weighted by atomic mass is 10.1. The van der Waals surface area contributed by atoms with E-state index in [2.05, 4.69) is 5.32 Å². The minimum Gasteiger partial charge on any atom is -0.494 e. The molecule has 1 unspecified atom stereocenters. The molecule has 0 radical (unpaired) electrons. The molecule has 210 valence electrons. The van der Waals surface area contributed by atoms with E-state index >= 15 is 0 Å². The number of alkyl halides is 3. The average Bonchev–Trinajstić information content (AvgIpc) is 2.93. The highest BCUT2D eigenvalue weighted by molar-refractivity contribution is 5.89. The summed E-state index contributed by atoms with van der Waals surface area (Å²) in [6, 6.07) is 16.7. The lowest BCUT2D eigenvalue weighted by Gasteiger charge is -2.30. The third kappa shape index (κ3) is 6.26. The van der Waals surface area contributed by atoms with Gasteiger partial charge in [-0.25, -0.2) is 9.78 Å². The molecular formula is C29H29F3N4O4. The minimum atomic E-state index is -4.49. The third-order valence-corrected chi connectivity index (χ3v) is 6.31. The maximum atomic E-state index is 13.7. The number of hydrogen-bond acceptors (Lipinski definition) is 5. The molecular weight excluding hydrogens is 525 g/mol. The second-order valence-corrected chi connectivity index (χ2v) is 8.92. The fourth-order valence-corrected chi connectivity index (χ4v) is 4.28. The second-order valence-electron chi connectivity index (χ2n) is 8.92. The Hall–Kier alpha value is -4.38. The molecule has 3 aromatic carbocycles. The summed E-state index contributed by atoms with van der Waals surface area (Å²) in [7, 11) is 1.49. The van der Waals surface area contributed by atoms with Crippen molar-refractivity contribution in [3.05, 3.63) is 94.5 Å². The van der Waals surface area contributed by atoms with Gasteiger partial charge in [0.05, 0.1) is 41.4 Å². The number of nitrogens with zero attached hydrogens (tertiary/aromatic N) is 3. The number of ether oxygens (including phenoxy) is 2. The molecule has 2 amide bonds. The highest BCUT2D eigenvalue weighted by atomic mass is 19.4. The van der Waals surface area contributed by atoms with E-state index in [4.69, 9.17) is 14.5 Å². The van der Waals surface area contributed by atoms with Crippen LogP contribution in [0, 0.1) is 0 Å². The molecule has 0 aliphatic heterocycles. The smallest absolute Gasteiger partial charge is 0.416 e. The monoisotopic (exact) mass is 554 g/mol. The zero-order valence-corrected chi connectivity index (χ0v) is 22.2. The largest absolute Gasteiger partial charge is 0.494 e. The Balaban J connectivity index is 1.75. The predicted molar refractivity (Wildman–Crippen MR) is 146 cm³/mol. The Morgan fingerprint density at radius 1 is 1.05 bits per heavy atom. The van der Waals surface area contributed by atoms with E-state index in [0.717, 1.165) is 12.1 Å². The molecule has 0 aliphatic carbocycles. The standard InChI is InChI=1S/C29H29F3N4O4/c1-4-40-23-15-13-22(14-16-23)36-26(34-25-8-6-5-7-24(25)27(36)37)19(2)35(17-18-39-3)28(38)33-21-11-9-20(10-12-21)29(30,31)32/h5-16,19H,4,17-18H2,1-3H3,(H,33,38). The van der Waals surface area contributed by atoms with Gasteiger partial charge in [0, 0.05) is 19.3 Å². The van der Waals surface area contributed by atoms with Crippen LogP contribution in [0.3, 0.4) is 0 Å². The first-order valence-corrected chi connectivity index (χ1v) is 12.6. The Morgan fingerprint density at radius 2 is 1.73 bits per heavy atom. The number of methoxy groups -OCH3 is 1. The van der Waals surface area contributed by atoms with E-state index in [1.54, 1.807) is 55.5 Å². The SMILES string of the molecule is CCOc1ccc(-n2c(C(C)N(CCOC)C(=O)Nc3ccc(C(F)(F)F)cc3)nc3ccccc3c2=O)cc1. The van der Waals surface area contributed by atoms with Gasteiger partial charge < -0.3 is 19.7 Å². The van der Waals surface area contributed by atoms with Crippen LogP contribution in [0.1, 0.15) is 31.3 Å². The van der Waals surface area contributed by atoms with Crippen LogP contribution in [0.4, 0.5) is 23.7 Å². The van der Waals surface area contributed by atoms with Crippen molar-refractivity contribution < 1.29 is 27.4 Å². The Kier molecular flexibility index (Phi) is 8.73. The highest BCUT2D eigenvalue weighted by Crippen LogP contribution is 2.30. The van der Waals surface area contributed by atoms with Crippen molar-refractivity contribution in [3.63, 3.8) is 0 Å². The fraction of sp³-hybridized carbons (Fsp3) is 0.276. The zero-order valence-electron chi connectivity index (χ0n) is 22.2. The van der Waals surface area contributed by atoms with Crippen LogP contribution in [0.2, 0.25) is 0 Å². The third-order valence-electron chi connectivity index (χ3n) is 6.31. The van der Waals surface area contributed by atoms with Crippen molar-refractivity contribution in [3.8, 4) is 11.4 Å². The molecule has 0 fully saturated rings. The molecule has 1 heterocycles. The Morgan fingerprint density at radius 3 is 2.35 bits per heavy atom. The first-order chi connectivity index (χ1) is 19.1. The van der Waals surface area contributed by atoms with Crippen molar-refractivity contribution in [2.75, 3.05) is 32.2 Å². The summed E-state index contributed by atoms with van der Waals surface area (Å²) in [5.74, 6) is 0.937. The summed E-state index contributed by atoms with van der Waals surface area (Å²) < 4.78 is 51.1. The summed E-state index contributed by atoms with van der Waals surface area (Å²) >= 11 is 0. The van der Waals surface area contributed by atoms with Crippen LogP contribution in [-0.4, -0.2) is 47.4 Å². The average molecular weight is 555 g/mol. The molecule has 11 heteroatoms. The predicted octanol–water partition coefficient (Wildman–Crippen LogP) is 6.04. The summed E-state index contributed by atoms with van der Waals surface area (Å²) in [6.07, 6.45) is -4.49. The number of nitrogens with one attached hydrogen (secondary N) is 1. The van der Waals surface area contributed by atoms with Crippen LogP contribution in [0.15, 0.2) is 77.6 Å². The molecule has 4 rings (SSSR count). The molecule has 0 aliphatic rings. The molecule has 40 heavy (non-hydrogen) atoms. The normalized spacial score (nSPS) is 12.2. The van der Waals surface area contributed by atoms with Gasteiger partial charge in [-0.1, -0.05) is 12.1 Å². The molecule has 0 saturated heterocycles. The van der Waals surface area contributed by atoms with Gasteiger partial charge >= 0.3 is 12.2 Å². The van der Waals surface area contributed by atoms with Gasteiger partial charge in [-0.3, -0.25) is 9.36 Å². The van der Waals surface area contributed by atoms with Crippen molar-refractivity contribution in [2.24, 2.45) is 0 Å². The van der Waals surface area contributed by atoms with E-state index in [1.807, 2.05) is 6.92 Å². The molecule has 0 saturated carbocycles. The number of amides is 2. The maximum absolute atomic E-state index is 13.7. The van der Waals surface area contributed by atoms with Crippen LogP contribution in [-0.2, 0) is 10.9 Å². The van der Waals surface area contributed by atoms with Gasteiger partial charge in [0.2, 0.25) is 0 Å². The van der Waals surface area contributed by atoms with Crippen LogP contribution >= 0.6 is 0 Å². The number of aromatic nitrogens is 2. The van der Waals surface area contributed by atoms with E-state index in [1.165, 1.54) is 28.7 Å². The molecule has 1 aromatic heterocycles. The van der Waals surface area contributed by atoms with E-state index in [0.29, 0.717) is 34.8 Å². The number of rotatable bonds is 9. The lowest BCUT2D eigenvalue weighted by Crippen LogP contribution is -2.41. The first-order valence-electron chi connectivity index (χ1n) is 12.6. The quantitative estimate of drug-likeness (QED) is 0.273. The van der Waals surface area contributed by atoms with E-state index in [-0.39, 0.29) is 24.4 Å². The van der Waals surface area contributed by atoms with Crippen molar-refractivity contribution in [1.82, 2.24) is 14.5 Å². The van der Waals surface area contributed by atoms with Gasteiger partial charge in [-0.2, -0.15) is 13.2 Å². The summed E-state index contributed by atoms with van der Waals surface area (Å²) in [5, 5.41) is 3.05.